The topological polar surface area (TPSA) is 89.4 Å². The Hall–Kier alpha value is -3.68. The monoisotopic (exact) mass is 447 g/mol. The summed E-state index contributed by atoms with van der Waals surface area (Å²) in [6.07, 6.45) is 6.31. The van der Waals surface area contributed by atoms with Crippen LogP contribution in [0.15, 0.2) is 54.9 Å². The number of methoxy groups -OCH3 is 1. The van der Waals surface area contributed by atoms with E-state index in [9.17, 15) is 9.59 Å². The molecule has 0 atom stereocenters. The van der Waals surface area contributed by atoms with Crippen LogP contribution in [0.3, 0.4) is 0 Å². The van der Waals surface area contributed by atoms with Crippen LogP contribution >= 0.6 is 0 Å². The molecule has 1 N–H and O–H groups in total. The van der Waals surface area contributed by atoms with E-state index in [1.165, 1.54) is 0 Å². The standard InChI is InChI=1S/C25H29N5O3/c1-29-17-22(25(32)27-19-6-8-21(33-2)9-7-19)23(28-29)15-18-10-13-30(14-11-18)24(31)16-20-5-3-4-12-26-20/h3-9,12,17-18H,10-11,13-16H2,1-2H3,(H,27,32). The highest BCUT2D eigenvalue weighted by Gasteiger charge is 2.26. The average molecular weight is 448 g/mol. The molecule has 1 aromatic carbocycles. The Morgan fingerprint density at radius 1 is 1.12 bits per heavy atom. The minimum absolute atomic E-state index is 0.115. The lowest BCUT2D eigenvalue weighted by molar-refractivity contribution is -0.131. The summed E-state index contributed by atoms with van der Waals surface area (Å²) in [5.41, 5.74) is 2.88. The van der Waals surface area contributed by atoms with E-state index in [0.717, 1.165) is 43.1 Å². The first-order valence-corrected chi connectivity index (χ1v) is 11.2. The molecule has 3 heterocycles. The van der Waals surface area contributed by atoms with Gasteiger partial charge in [0.2, 0.25) is 5.91 Å². The fourth-order valence-electron chi connectivity index (χ4n) is 4.18. The van der Waals surface area contributed by atoms with Crippen LogP contribution in [0.25, 0.3) is 0 Å². The summed E-state index contributed by atoms with van der Waals surface area (Å²) < 4.78 is 6.85. The summed E-state index contributed by atoms with van der Waals surface area (Å²) >= 11 is 0. The molecule has 2 aromatic heterocycles. The van der Waals surface area contributed by atoms with Crippen molar-refractivity contribution in [1.82, 2.24) is 19.7 Å². The van der Waals surface area contributed by atoms with Crippen molar-refractivity contribution in [3.8, 4) is 5.75 Å². The van der Waals surface area contributed by atoms with Gasteiger partial charge in [-0.3, -0.25) is 19.3 Å². The van der Waals surface area contributed by atoms with Crippen LogP contribution in [0.5, 0.6) is 5.75 Å². The van der Waals surface area contributed by atoms with Gasteiger partial charge in [-0.15, -0.1) is 0 Å². The highest BCUT2D eigenvalue weighted by Crippen LogP contribution is 2.24. The molecule has 172 valence electrons. The Morgan fingerprint density at radius 2 is 1.88 bits per heavy atom. The van der Waals surface area contributed by atoms with E-state index in [1.54, 1.807) is 24.2 Å². The van der Waals surface area contributed by atoms with Gasteiger partial charge in [-0.1, -0.05) is 6.07 Å². The van der Waals surface area contributed by atoms with Crippen molar-refractivity contribution in [1.29, 1.82) is 0 Å². The van der Waals surface area contributed by atoms with Gasteiger partial charge in [-0.05, 0) is 61.6 Å². The minimum Gasteiger partial charge on any atom is -0.497 e. The predicted molar refractivity (Wildman–Crippen MR) is 125 cm³/mol. The van der Waals surface area contributed by atoms with Crippen LogP contribution in [0.4, 0.5) is 5.69 Å². The second-order valence-corrected chi connectivity index (χ2v) is 8.37. The number of ether oxygens (including phenoxy) is 1. The molecule has 8 heteroatoms. The van der Waals surface area contributed by atoms with Gasteiger partial charge in [0, 0.05) is 43.9 Å². The van der Waals surface area contributed by atoms with Crippen molar-refractivity contribution in [2.45, 2.75) is 25.7 Å². The number of anilines is 1. The molecular formula is C25H29N5O3. The maximum absolute atomic E-state index is 12.9. The number of piperidine rings is 1. The third kappa shape index (κ3) is 5.77. The molecule has 4 rings (SSSR count). The second-order valence-electron chi connectivity index (χ2n) is 8.37. The number of nitrogens with one attached hydrogen (secondary N) is 1. The Morgan fingerprint density at radius 3 is 2.55 bits per heavy atom. The van der Waals surface area contributed by atoms with Gasteiger partial charge in [0.1, 0.15) is 5.75 Å². The van der Waals surface area contributed by atoms with E-state index in [0.29, 0.717) is 30.0 Å². The number of carbonyl (C=O) groups is 2. The lowest BCUT2D eigenvalue weighted by Gasteiger charge is -2.32. The van der Waals surface area contributed by atoms with Gasteiger partial charge in [0.25, 0.3) is 5.91 Å². The molecule has 0 bridgehead atoms. The zero-order valence-corrected chi connectivity index (χ0v) is 19.0. The van der Waals surface area contributed by atoms with Crippen LogP contribution in [-0.2, 0) is 24.7 Å². The number of aryl methyl sites for hydroxylation is 1. The molecule has 0 spiro atoms. The van der Waals surface area contributed by atoms with Crippen LogP contribution in [0.1, 0.15) is 34.6 Å². The van der Waals surface area contributed by atoms with E-state index < -0.39 is 0 Å². The van der Waals surface area contributed by atoms with Crippen molar-refractivity contribution in [2.24, 2.45) is 13.0 Å². The second kappa shape index (κ2) is 10.3. The Balaban J connectivity index is 1.33. The zero-order chi connectivity index (χ0) is 23.2. The Kier molecular flexibility index (Phi) is 7.02. The quantitative estimate of drug-likeness (QED) is 0.601. The molecule has 2 amide bonds. The van der Waals surface area contributed by atoms with Crippen molar-refractivity contribution in [2.75, 3.05) is 25.5 Å². The molecule has 1 aliphatic rings. The van der Waals surface area contributed by atoms with Crippen LogP contribution < -0.4 is 10.1 Å². The van der Waals surface area contributed by atoms with Gasteiger partial charge in [-0.2, -0.15) is 5.10 Å². The lowest BCUT2D eigenvalue weighted by atomic mass is 9.91. The molecule has 3 aromatic rings. The third-order valence-corrected chi connectivity index (χ3v) is 6.01. The Labute approximate surface area is 193 Å². The number of amides is 2. The normalized spacial score (nSPS) is 14.2. The summed E-state index contributed by atoms with van der Waals surface area (Å²) in [7, 11) is 3.43. The smallest absolute Gasteiger partial charge is 0.259 e. The number of hydrogen-bond donors (Lipinski definition) is 1. The summed E-state index contributed by atoms with van der Waals surface area (Å²) in [4.78, 5) is 31.7. The number of likely N-dealkylation sites (tertiary alicyclic amines) is 1. The summed E-state index contributed by atoms with van der Waals surface area (Å²) in [5, 5.41) is 7.49. The number of rotatable bonds is 7. The largest absolute Gasteiger partial charge is 0.497 e. The summed E-state index contributed by atoms with van der Waals surface area (Å²) in [6, 6.07) is 12.9. The van der Waals surface area contributed by atoms with Crippen LogP contribution in [-0.4, -0.2) is 51.7 Å². The van der Waals surface area contributed by atoms with E-state index in [1.807, 2.05) is 54.4 Å². The fourth-order valence-corrected chi connectivity index (χ4v) is 4.18. The van der Waals surface area contributed by atoms with E-state index >= 15 is 0 Å². The minimum atomic E-state index is -0.175. The molecule has 0 saturated carbocycles. The average Bonchev–Trinajstić information content (AvgIpc) is 3.20. The van der Waals surface area contributed by atoms with E-state index in [-0.39, 0.29) is 11.8 Å². The first kappa shape index (κ1) is 22.5. The number of nitrogens with zero attached hydrogens (tertiary/aromatic N) is 4. The van der Waals surface area contributed by atoms with Crippen LogP contribution in [0.2, 0.25) is 0 Å². The van der Waals surface area contributed by atoms with Crippen LogP contribution in [0, 0.1) is 5.92 Å². The Bertz CT molecular complexity index is 1090. The van der Waals surface area contributed by atoms with Gasteiger partial charge in [-0.25, -0.2) is 0 Å². The summed E-state index contributed by atoms with van der Waals surface area (Å²) in [5.74, 6) is 1.06. The van der Waals surface area contributed by atoms with E-state index in [2.05, 4.69) is 15.4 Å². The van der Waals surface area contributed by atoms with Crippen molar-refractivity contribution < 1.29 is 14.3 Å². The number of aromatic nitrogens is 3. The first-order chi connectivity index (χ1) is 16.0. The van der Waals surface area contributed by atoms with Crippen molar-refractivity contribution in [3.05, 3.63) is 71.8 Å². The fraction of sp³-hybridized carbons (Fsp3) is 0.360. The molecule has 8 nitrogen and oxygen atoms in total. The predicted octanol–water partition coefficient (Wildman–Crippen LogP) is 3.10. The molecule has 0 radical (unpaired) electrons. The zero-order valence-electron chi connectivity index (χ0n) is 19.0. The first-order valence-electron chi connectivity index (χ1n) is 11.2. The van der Waals surface area contributed by atoms with E-state index in [4.69, 9.17) is 4.74 Å². The molecule has 0 aliphatic carbocycles. The van der Waals surface area contributed by atoms with Crippen molar-refractivity contribution >= 4 is 17.5 Å². The molecule has 1 saturated heterocycles. The number of benzene rings is 1. The highest BCUT2D eigenvalue weighted by atomic mass is 16.5. The molecular weight excluding hydrogens is 418 g/mol. The summed E-state index contributed by atoms with van der Waals surface area (Å²) in [6.45, 7) is 1.44. The van der Waals surface area contributed by atoms with Gasteiger partial charge in [0.15, 0.2) is 0 Å². The molecule has 1 fully saturated rings. The molecule has 1 aliphatic heterocycles. The van der Waals surface area contributed by atoms with Gasteiger partial charge < -0.3 is 15.0 Å². The lowest BCUT2D eigenvalue weighted by Crippen LogP contribution is -2.40. The molecule has 33 heavy (non-hydrogen) atoms. The maximum atomic E-state index is 12.9. The highest BCUT2D eigenvalue weighted by molar-refractivity contribution is 6.05. The van der Waals surface area contributed by atoms with Gasteiger partial charge >= 0.3 is 0 Å². The number of hydrogen-bond acceptors (Lipinski definition) is 5. The van der Waals surface area contributed by atoms with Crippen molar-refractivity contribution in [3.63, 3.8) is 0 Å². The van der Waals surface area contributed by atoms with Gasteiger partial charge in [0.05, 0.1) is 24.8 Å². The number of pyridine rings is 1. The molecule has 0 unspecified atom stereocenters. The SMILES string of the molecule is COc1ccc(NC(=O)c2cn(C)nc2CC2CCN(C(=O)Cc3ccccn3)CC2)cc1. The number of carbonyl (C=O) groups excluding carboxylic acids is 2. The third-order valence-electron chi connectivity index (χ3n) is 6.01. The maximum Gasteiger partial charge on any atom is 0.259 e.